The van der Waals surface area contributed by atoms with Crippen molar-refractivity contribution in [3.8, 4) is 0 Å². The van der Waals surface area contributed by atoms with E-state index in [1.54, 1.807) is 13.8 Å². The van der Waals surface area contributed by atoms with Crippen molar-refractivity contribution in [3.63, 3.8) is 0 Å². The molecule has 0 aliphatic heterocycles. The molecular weight excluding hydrogens is 516 g/mol. The smallest absolute Gasteiger partial charge is 0.411 e. The minimum atomic E-state index is -1.00. The highest BCUT2D eigenvalue weighted by molar-refractivity contribution is 5.98. The van der Waals surface area contributed by atoms with E-state index in [2.05, 4.69) is 30.6 Å². The summed E-state index contributed by atoms with van der Waals surface area (Å²) in [7, 11) is 1.16. The molecule has 3 rings (SSSR count). The molecule has 2 N–H and O–H groups in total. The summed E-state index contributed by atoms with van der Waals surface area (Å²) in [4.78, 5) is 55.8. The van der Waals surface area contributed by atoms with E-state index in [1.165, 1.54) is 6.20 Å². The van der Waals surface area contributed by atoms with Gasteiger partial charge in [0.1, 0.15) is 18.1 Å². The first-order valence-corrected chi connectivity index (χ1v) is 12.8. The maximum atomic E-state index is 13.4. The van der Waals surface area contributed by atoms with Crippen LogP contribution in [0, 0.1) is 5.92 Å². The van der Waals surface area contributed by atoms with Gasteiger partial charge in [0.05, 0.1) is 24.8 Å². The molecule has 2 aromatic heterocycles. The van der Waals surface area contributed by atoms with Crippen LogP contribution in [0.25, 0.3) is 0 Å². The summed E-state index contributed by atoms with van der Waals surface area (Å²) >= 11 is 0. The zero-order valence-corrected chi connectivity index (χ0v) is 24.1. The van der Waals surface area contributed by atoms with Gasteiger partial charge in [0.15, 0.2) is 0 Å². The second-order valence-corrected chi connectivity index (χ2v) is 11.3. The lowest BCUT2D eigenvalue weighted by Crippen LogP contribution is -2.47. The normalized spacial score (nSPS) is 12.6. The lowest BCUT2D eigenvalue weighted by molar-refractivity contribution is -0.122. The van der Waals surface area contributed by atoms with Gasteiger partial charge in [-0.15, -0.1) is 10.2 Å². The average Bonchev–Trinajstić information content (AvgIpc) is 3.40. The summed E-state index contributed by atoms with van der Waals surface area (Å²) in [5, 5.41) is 13.1. The summed E-state index contributed by atoms with van der Waals surface area (Å²) in [5.74, 6) is -1.14. The van der Waals surface area contributed by atoms with Crippen molar-refractivity contribution in [2.24, 2.45) is 5.92 Å². The highest BCUT2D eigenvalue weighted by Crippen LogP contribution is 2.30. The molecule has 0 saturated heterocycles. The number of anilines is 1. The van der Waals surface area contributed by atoms with Crippen LogP contribution in [0.3, 0.4) is 0 Å². The number of Topliss-reactive ketones (excluding diaryl/α,β-unsaturated/α-hetero) is 1. The Morgan fingerprint density at radius 2 is 1.70 bits per heavy atom. The van der Waals surface area contributed by atoms with Crippen LogP contribution < -0.4 is 16.2 Å². The minimum Gasteiger partial charge on any atom is -0.453 e. The predicted molar refractivity (Wildman–Crippen MR) is 147 cm³/mol. The van der Waals surface area contributed by atoms with Crippen molar-refractivity contribution < 1.29 is 23.5 Å². The Balaban J connectivity index is 1.86. The number of hydrogen-bond acceptors (Lipinski definition) is 9. The van der Waals surface area contributed by atoms with Crippen LogP contribution >= 0.6 is 0 Å². The van der Waals surface area contributed by atoms with E-state index in [1.807, 2.05) is 65.0 Å². The number of benzene rings is 1. The standard InChI is InChI=1S/C28H36N6O6/c1-16(2)20(21(36)22-32-33-25(40-22)28(6,7)17-12-10-9-11-13-17)31-19(35)15-34-23(37)18(30-26(38)39-8)14-29-24(34)27(3,4)5/h9-14,16,20H,15H2,1-8H3,(H,30,38)(H,31,35)/t20-/m1/s1. The van der Waals surface area contributed by atoms with Gasteiger partial charge in [-0.25, -0.2) is 9.78 Å². The predicted octanol–water partition coefficient (Wildman–Crippen LogP) is 3.45. The van der Waals surface area contributed by atoms with E-state index >= 15 is 0 Å². The van der Waals surface area contributed by atoms with Gasteiger partial charge in [0.2, 0.25) is 17.6 Å². The van der Waals surface area contributed by atoms with Crippen molar-refractivity contribution in [2.75, 3.05) is 12.4 Å². The van der Waals surface area contributed by atoms with Gasteiger partial charge >= 0.3 is 6.09 Å². The average molecular weight is 553 g/mol. The Hall–Kier alpha value is -4.35. The number of ketones is 1. The van der Waals surface area contributed by atoms with Crippen molar-refractivity contribution >= 4 is 23.5 Å². The topological polar surface area (TPSA) is 158 Å². The van der Waals surface area contributed by atoms with E-state index in [0.29, 0.717) is 5.82 Å². The Labute approximate surface area is 232 Å². The molecule has 12 heteroatoms. The van der Waals surface area contributed by atoms with Gasteiger partial charge < -0.3 is 14.5 Å². The SMILES string of the molecule is COC(=O)Nc1cnc(C(C)(C)C)n(CC(=O)N[C@@H](C(=O)c2nnc(C(C)(C)c3ccccc3)o2)C(C)C)c1=O. The number of nitrogens with zero attached hydrogens (tertiary/aromatic N) is 4. The van der Waals surface area contributed by atoms with Crippen molar-refractivity contribution in [3.05, 3.63) is 70.1 Å². The lowest BCUT2D eigenvalue weighted by Gasteiger charge is -2.24. The third-order valence-corrected chi connectivity index (χ3v) is 6.37. The summed E-state index contributed by atoms with van der Waals surface area (Å²) in [5.41, 5.74) is -1.11. The Kier molecular flexibility index (Phi) is 8.91. The molecule has 40 heavy (non-hydrogen) atoms. The third-order valence-electron chi connectivity index (χ3n) is 6.37. The van der Waals surface area contributed by atoms with Gasteiger partial charge in [-0.3, -0.25) is 24.3 Å². The van der Waals surface area contributed by atoms with Crippen LogP contribution in [-0.4, -0.2) is 50.7 Å². The lowest BCUT2D eigenvalue weighted by atomic mass is 9.85. The van der Waals surface area contributed by atoms with Crippen LogP contribution in [0.5, 0.6) is 0 Å². The molecule has 0 fully saturated rings. The molecule has 0 saturated carbocycles. The Bertz CT molecular complexity index is 1440. The molecule has 0 bridgehead atoms. The molecule has 2 heterocycles. The molecule has 214 valence electrons. The van der Waals surface area contributed by atoms with E-state index in [9.17, 15) is 19.2 Å². The van der Waals surface area contributed by atoms with Crippen molar-refractivity contribution in [2.45, 2.75) is 71.9 Å². The minimum absolute atomic E-state index is 0.149. The monoisotopic (exact) mass is 552 g/mol. The summed E-state index contributed by atoms with van der Waals surface area (Å²) in [6, 6.07) is 8.56. The van der Waals surface area contributed by atoms with Gasteiger partial charge in [-0.1, -0.05) is 65.0 Å². The van der Waals surface area contributed by atoms with E-state index in [0.717, 1.165) is 17.2 Å². The number of methoxy groups -OCH3 is 1. The fourth-order valence-electron chi connectivity index (χ4n) is 4.07. The summed E-state index contributed by atoms with van der Waals surface area (Å²) < 4.78 is 11.5. The second kappa shape index (κ2) is 11.8. The van der Waals surface area contributed by atoms with Crippen LogP contribution in [0.15, 0.2) is 45.7 Å². The number of ether oxygens (including phenoxy) is 1. The number of carbonyl (C=O) groups excluding carboxylic acids is 3. The van der Waals surface area contributed by atoms with Gasteiger partial charge in [0, 0.05) is 5.41 Å². The first-order chi connectivity index (χ1) is 18.7. The fourth-order valence-corrected chi connectivity index (χ4v) is 4.07. The van der Waals surface area contributed by atoms with Crippen molar-refractivity contribution in [1.82, 2.24) is 25.1 Å². The zero-order chi connectivity index (χ0) is 29.8. The van der Waals surface area contributed by atoms with E-state index in [-0.39, 0.29) is 23.4 Å². The molecule has 1 atom stereocenters. The molecule has 0 aliphatic rings. The van der Waals surface area contributed by atoms with Crippen molar-refractivity contribution in [1.29, 1.82) is 0 Å². The number of rotatable bonds is 9. The molecule has 0 aliphatic carbocycles. The summed E-state index contributed by atoms with van der Waals surface area (Å²) in [6.45, 7) is 12.4. The fraction of sp³-hybridized carbons (Fsp3) is 0.464. The van der Waals surface area contributed by atoms with Crippen LogP contribution in [0.1, 0.15) is 76.4 Å². The number of carbonyl (C=O) groups is 3. The first kappa shape index (κ1) is 30.2. The third kappa shape index (κ3) is 6.61. The van der Waals surface area contributed by atoms with Crippen LogP contribution in [0.2, 0.25) is 0 Å². The molecule has 12 nitrogen and oxygen atoms in total. The van der Waals surface area contributed by atoms with E-state index in [4.69, 9.17) is 4.42 Å². The molecule has 0 spiro atoms. The maximum Gasteiger partial charge on any atom is 0.411 e. The zero-order valence-electron chi connectivity index (χ0n) is 24.1. The molecular formula is C28H36N6O6. The maximum absolute atomic E-state index is 13.4. The molecule has 0 radical (unpaired) electrons. The molecule has 3 aromatic rings. The quantitative estimate of drug-likeness (QED) is 0.379. The Morgan fingerprint density at radius 1 is 1.05 bits per heavy atom. The molecule has 1 aromatic carbocycles. The Morgan fingerprint density at radius 3 is 2.27 bits per heavy atom. The number of amides is 2. The molecule has 2 amide bonds. The van der Waals surface area contributed by atoms with E-state index < -0.39 is 46.8 Å². The molecule has 0 unspecified atom stereocenters. The van der Waals surface area contributed by atoms with Gasteiger partial charge in [-0.05, 0) is 25.3 Å². The largest absolute Gasteiger partial charge is 0.453 e. The highest BCUT2D eigenvalue weighted by atomic mass is 16.5. The highest BCUT2D eigenvalue weighted by Gasteiger charge is 2.34. The first-order valence-electron chi connectivity index (χ1n) is 12.8. The number of nitrogens with one attached hydrogen (secondary N) is 2. The van der Waals surface area contributed by atoms with Gasteiger partial charge in [0.25, 0.3) is 11.4 Å². The number of hydrogen-bond donors (Lipinski definition) is 2. The number of aromatic nitrogens is 4. The van der Waals surface area contributed by atoms with Crippen LogP contribution in [-0.2, 0) is 26.9 Å². The summed E-state index contributed by atoms with van der Waals surface area (Å²) in [6.07, 6.45) is 0.372. The van der Waals surface area contributed by atoms with Gasteiger partial charge in [-0.2, -0.15) is 0 Å². The second-order valence-electron chi connectivity index (χ2n) is 11.3. The van der Waals surface area contributed by atoms with Crippen LogP contribution in [0.4, 0.5) is 10.5 Å².